The van der Waals surface area contributed by atoms with Gasteiger partial charge in [0.25, 0.3) is 0 Å². The molecular formula is C13H25NO3. The van der Waals surface area contributed by atoms with Gasteiger partial charge in [0.15, 0.2) is 0 Å². The van der Waals surface area contributed by atoms with E-state index in [1.807, 2.05) is 11.8 Å². The van der Waals surface area contributed by atoms with Crippen LogP contribution < -0.4 is 0 Å². The van der Waals surface area contributed by atoms with Crippen LogP contribution in [0.15, 0.2) is 0 Å². The zero-order valence-electron chi connectivity index (χ0n) is 11.1. The van der Waals surface area contributed by atoms with Crippen molar-refractivity contribution >= 4 is 5.91 Å². The minimum Gasteiger partial charge on any atom is -0.382 e. The molecule has 1 rings (SSSR count). The van der Waals surface area contributed by atoms with E-state index < -0.39 is 0 Å². The largest absolute Gasteiger partial charge is 0.382 e. The van der Waals surface area contributed by atoms with Gasteiger partial charge in [-0.3, -0.25) is 4.79 Å². The van der Waals surface area contributed by atoms with Crippen LogP contribution in [-0.4, -0.2) is 50.3 Å². The van der Waals surface area contributed by atoms with Gasteiger partial charge in [0.2, 0.25) is 5.91 Å². The summed E-state index contributed by atoms with van der Waals surface area (Å²) < 4.78 is 10.2. The van der Waals surface area contributed by atoms with Crippen molar-refractivity contribution in [2.75, 3.05) is 33.5 Å². The lowest BCUT2D eigenvalue weighted by molar-refractivity contribution is -0.139. The van der Waals surface area contributed by atoms with Crippen molar-refractivity contribution in [3.05, 3.63) is 0 Å². The van der Waals surface area contributed by atoms with Gasteiger partial charge in [-0.15, -0.1) is 0 Å². The van der Waals surface area contributed by atoms with Crippen LogP contribution in [-0.2, 0) is 14.3 Å². The highest BCUT2D eigenvalue weighted by Gasteiger charge is 2.23. The second-order valence-electron chi connectivity index (χ2n) is 4.52. The standard InChI is InChI=1S/C13H25NO3/c1-3-14(12-7-5-4-6-8-12)13(15)11-17-10-9-16-2/h12H,3-11H2,1-2H3. The van der Waals surface area contributed by atoms with E-state index in [0.717, 1.165) is 19.4 Å². The van der Waals surface area contributed by atoms with Crippen molar-refractivity contribution in [3.63, 3.8) is 0 Å². The van der Waals surface area contributed by atoms with Crippen molar-refractivity contribution in [1.82, 2.24) is 4.90 Å². The van der Waals surface area contributed by atoms with Crippen LogP contribution in [0.3, 0.4) is 0 Å². The molecule has 17 heavy (non-hydrogen) atoms. The third-order valence-electron chi connectivity index (χ3n) is 3.33. The molecule has 0 aromatic heterocycles. The summed E-state index contributed by atoms with van der Waals surface area (Å²) in [4.78, 5) is 14.0. The number of carbonyl (C=O) groups is 1. The van der Waals surface area contributed by atoms with Gasteiger partial charge < -0.3 is 14.4 Å². The predicted molar refractivity (Wildman–Crippen MR) is 67.0 cm³/mol. The Balaban J connectivity index is 2.29. The third kappa shape index (κ3) is 5.04. The Kier molecular flexibility index (Phi) is 7.21. The van der Waals surface area contributed by atoms with Gasteiger partial charge >= 0.3 is 0 Å². The summed E-state index contributed by atoms with van der Waals surface area (Å²) in [6.45, 7) is 4.06. The highest BCUT2D eigenvalue weighted by atomic mass is 16.5. The number of likely N-dealkylation sites (N-methyl/N-ethyl adjacent to an activating group) is 1. The first-order valence-electron chi connectivity index (χ1n) is 6.65. The number of methoxy groups -OCH3 is 1. The molecule has 0 aromatic rings. The van der Waals surface area contributed by atoms with E-state index in [4.69, 9.17) is 9.47 Å². The molecule has 1 saturated carbocycles. The summed E-state index contributed by atoms with van der Waals surface area (Å²) in [5, 5.41) is 0. The van der Waals surface area contributed by atoms with E-state index in [1.165, 1.54) is 19.3 Å². The minimum atomic E-state index is 0.121. The molecule has 4 nitrogen and oxygen atoms in total. The summed E-state index contributed by atoms with van der Waals surface area (Å²) in [7, 11) is 1.63. The number of ether oxygens (including phenoxy) is 2. The van der Waals surface area contributed by atoms with Crippen LogP contribution in [0.1, 0.15) is 39.0 Å². The Labute approximate surface area is 104 Å². The third-order valence-corrected chi connectivity index (χ3v) is 3.33. The quantitative estimate of drug-likeness (QED) is 0.640. The average molecular weight is 243 g/mol. The van der Waals surface area contributed by atoms with Crippen LogP contribution >= 0.6 is 0 Å². The SMILES string of the molecule is CCN(C(=O)COCCOC)C1CCCCC1. The maximum Gasteiger partial charge on any atom is 0.248 e. The lowest BCUT2D eigenvalue weighted by atomic mass is 9.94. The predicted octanol–water partition coefficient (Wildman–Crippen LogP) is 1.83. The van der Waals surface area contributed by atoms with Crippen molar-refractivity contribution in [2.45, 2.75) is 45.1 Å². The maximum atomic E-state index is 12.0. The summed E-state index contributed by atoms with van der Waals surface area (Å²) >= 11 is 0. The summed E-state index contributed by atoms with van der Waals surface area (Å²) in [6.07, 6.45) is 6.11. The smallest absolute Gasteiger partial charge is 0.248 e. The van der Waals surface area contributed by atoms with Crippen molar-refractivity contribution in [3.8, 4) is 0 Å². The number of hydrogen-bond acceptors (Lipinski definition) is 3. The molecule has 0 saturated heterocycles. The fraction of sp³-hybridized carbons (Fsp3) is 0.923. The number of amides is 1. The van der Waals surface area contributed by atoms with E-state index in [2.05, 4.69) is 0 Å². The molecule has 0 radical (unpaired) electrons. The molecule has 0 bridgehead atoms. The molecule has 0 atom stereocenters. The second kappa shape index (κ2) is 8.48. The normalized spacial score (nSPS) is 17.1. The van der Waals surface area contributed by atoms with E-state index >= 15 is 0 Å². The molecule has 1 fully saturated rings. The Bertz CT molecular complexity index is 215. The van der Waals surface area contributed by atoms with E-state index in [1.54, 1.807) is 7.11 Å². The van der Waals surface area contributed by atoms with Crippen LogP contribution in [0, 0.1) is 0 Å². The van der Waals surface area contributed by atoms with Gasteiger partial charge in [0.1, 0.15) is 6.61 Å². The lowest BCUT2D eigenvalue weighted by Gasteiger charge is -2.33. The number of nitrogens with zero attached hydrogens (tertiary/aromatic N) is 1. The Hall–Kier alpha value is -0.610. The molecule has 0 N–H and O–H groups in total. The van der Waals surface area contributed by atoms with Crippen LogP contribution in [0.5, 0.6) is 0 Å². The van der Waals surface area contributed by atoms with Gasteiger partial charge in [0, 0.05) is 19.7 Å². The first kappa shape index (κ1) is 14.5. The Morgan fingerprint density at radius 3 is 2.53 bits per heavy atom. The molecule has 1 aliphatic rings. The first-order chi connectivity index (χ1) is 8.29. The summed E-state index contributed by atoms with van der Waals surface area (Å²) in [6, 6.07) is 0.437. The second-order valence-corrected chi connectivity index (χ2v) is 4.52. The van der Waals surface area contributed by atoms with E-state index in [0.29, 0.717) is 19.3 Å². The zero-order chi connectivity index (χ0) is 12.5. The monoisotopic (exact) mass is 243 g/mol. The summed E-state index contributed by atoms with van der Waals surface area (Å²) in [5.74, 6) is 0.121. The summed E-state index contributed by atoms with van der Waals surface area (Å²) in [5.41, 5.74) is 0. The lowest BCUT2D eigenvalue weighted by Crippen LogP contribution is -2.43. The van der Waals surface area contributed by atoms with Crippen LogP contribution in [0.25, 0.3) is 0 Å². The van der Waals surface area contributed by atoms with Gasteiger partial charge in [-0.25, -0.2) is 0 Å². The van der Waals surface area contributed by atoms with Gasteiger partial charge in [-0.1, -0.05) is 19.3 Å². The van der Waals surface area contributed by atoms with Gasteiger partial charge in [-0.05, 0) is 19.8 Å². The molecular weight excluding hydrogens is 218 g/mol. The highest BCUT2D eigenvalue weighted by molar-refractivity contribution is 5.77. The van der Waals surface area contributed by atoms with Crippen molar-refractivity contribution < 1.29 is 14.3 Å². The molecule has 1 aliphatic carbocycles. The topological polar surface area (TPSA) is 38.8 Å². The molecule has 0 heterocycles. The number of carbonyl (C=O) groups excluding carboxylic acids is 1. The zero-order valence-corrected chi connectivity index (χ0v) is 11.1. The highest BCUT2D eigenvalue weighted by Crippen LogP contribution is 2.22. The fourth-order valence-corrected chi connectivity index (χ4v) is 2.42. The minimum absolute atomic E-state index is 0.121. The van der Waals surface area contributed by atoms with Crippen LogP contribution in [0.4, 0.5) is 0 Å². The Morgan fingerprint density at radius 1 is 1.24 bits per heavy atom. The molecule has 4 heteroatoms. The first-order valence-corrected chi connectivity index (χ1v) is 6.65. The maximum absolute atomic E-state index is 12.0. The van der Waals surface area contributed by atoms with Crippen molar-refractivity contribution in [1.29, 1.82) is 0 Å². The molecule has 0 spiro atoms. The fourth-order valence-electron chi connectivity index (χ4n) is 2.42. The number of hydrogen-bond donors (Lipinski definition) is 0. The molecule has 0 aromatic carbocycles. The average Bonchev–Trinajstić information content (AvgIpc) is 2.37. The molecule has 0 unspecified atom stereocenters. The number of rotatable bonds is 7. The van der Waals surface area contributed by atoms with E-state index in [9.17, 15) is 4.79 Å². The van der Waals surface area contributed by atoms with Gasteiger partial charge in [0.05, 0.1) is 13.2 Å². The van der Waals surface area contributed by atoms with Crippen molar-refractivity contribution in [2.24, 2.45) is 0 Å². The molecule has 0 aliphatic heterocycles. The molecule has 1 amide bonds. The van der Waals surface area contributed by atoms with Gasteiger partial charge in [-0.2, -0.15) is 0 Å². The molecule has 100 valence electrons. The Morgan fingerprint density at radius 2 is 1.94 bits per heavy atom. The van der Waals surface area contributed by atoms with E-state index in [-0.39, 0.29) is 12.5 Å². The van der Waals surface area contributed by atoms with Crippen LogP contribution in [0.2, 0.25) is 0 Å².